The van der Waals surface area contributed by atoms with Gasteiger partial charge >= 0.3 is 0 Å². The van der Waals surface area contributed by atoms with Crippen molar-refractivity contribution in [2.75, 3.05) is 39.3 Å². The summed E-state index contributed by atoms with van der Waals surface area (Å²) in [5, 5.41) is 14.0. The van der Waals surface area contributed by atoms with Gasteiger partial charge in [-0.2, -0.15) is 0 Å². The molecule has 1 aliphatic heterocycles. The molecule has 0 bridgehead atoms. The molecule has 7 heteroatoms. The van der Waals surface area contributed by atoms with Gasteiger partial charge in [0, 0.05) is 37.7 Å². The van der Waals surface area contributed by atoms with Crippen molar-refractivity contribution >= 4 is 36.4 Å². The lowest BCUT2D eigenvalue weighted by Crippen LogP contribution is -2.47. The first-order valence-corrected chi connectivity index (χ1v) is 7.03. The molecule has 1 atom stereocenters. The summed E-state index contributed by atoms with van der Waals surface area (Å²) in [5.41, 5.74) is 0.982. The molecule has 4 nitrogen and oxygen atoms in total. The monoisotopic (exact) mass is 356 g/mol. The molecule has 1 saturated heterocycles. The van der Waals surface area contributed by atoms with E-state index in [1.807, 2.05) is 25.1 Å². The molecule has 1 aromatic rings. The van der Waals surface area contributed by atoms with Crippen LogP contribution in [0.25, 0.3) is 0 Å². The lowest BCUT2D eigenvalue weighted by molar-refractivity contribution is 0.0641. The number of aliphatic hydroxyl groups excluding tert-OH is 1. The summed E-state index contributed by atoms with van der Waals surface area (Å²) >= 11 is 5.95. The molecule has 2 rings (SSSR count). The smallest absolute Gasteiger partial charge is 0.119 e. The number of nitrogens with one attached hydrogen (secondary N) is 1. The molecule has 0 aromatic heterocycles. The topological polar surface area (TPSA) is 44.7 Å². The minimum atomic E-state index is -0.464. The van der Waals surface area contributed by atoms with E-state index in [2.05, 4.69) is 10.2 Å². The van der Waals surface area contributed by atoms with Crippen LogP contribution in [0.1, 0.15) is 5.56 Å². The Kier molecular flexibility index (Phi) is 10.4. The lowest BCUT2D eigenvalue weighted by Gasteiger charge is -2.29. The fourth-order valence-corrected chi connectivity index (χ4v) is 2.26. The summed E-state index contributed by atoms with van der Waals surface area (Å²) in [6.07, 6.45) is -0.464. The average Bonchev–Trinajstić information content (AvgIpc) is 2.41. The quantitative estimate of drug-likeness (QED) is 0.847. The van der Waals surface area contributed by atoms with E-state index in [0.29, 0.717) is 13.2 Å². The highest BCUT2D eigenvalue weighted by molar-refractivity contribution is 6.31. The maximum atomic E-state index is 9.97. The van der Waals surface area contributed by atoms with E-state index in [1.54, 1.807) is 0 Å². The number of aliphatic hydroxyl groups is 1. The number of nitrogens with zero attached hydrogens (tertiary/aromatic N) is 1. The van der Waals surface area contributed by atoms with Crippen LogP contribution in [-0.4, -0.2) is 55.4 Å². The Morgan fingerprint density at radius 1 is 1.33 bits per heavy atom. The zero-order valence-electron chi connectivity index (χ0n) is 12.0. The third-order valence-corrected chi connectivity index (χ3v) is 3.67. The Bertz CT molecular complexity index is 415. The van der Waals surface area contributed by atoms with Crippen molar-refractivity contribution in [2.24, 2.45) is 0 Å². The SMILES string of the molecule is Cc1cc(OCC(O)CN2CCNCC2)ccc1Cl.Cl.Cl. The molecule has 1 unspecified atom stereocenters. The molecule has 1 heterocycles. The predicted molar refractivity (Wildman–Crippen MR) is 91.5 cm³/mol. The fraction of sp³-hybridized carbons (Fsp3) is 0.571. The Hall–Kier alpha value is -0.230. The van der Waals surface area contributed by atoms with Gasteiger partial charge in [-0.25, -0.2) is 0 Å². The van der Waals surface area contributed by atoms with Crippen molar-refractivity contribution in [1.29, 1.82) is 0 Å². The fourth-order valence-electron chi connectivity index (χ4n) is 2.14. The number of aryl methyl sites for hydroxylation is 1. The van der Waals surface area contributed by atoms with Gasteiger partial charge in [0.25, 0.3) is 0 Å². The minimum Gasteiger partial charge on any atom is -0.491 e. The van der Waals surface area contributed by atoms with Gasteiger partial charge in [0.05, 0.1) is 0 Å². The summed E-state index contributed by atoms with van der Waals surface area (Å²) in [7, 11) is 0. The second kappa shape index (κ2) is 10.5. The van der Waals surface area contributed by atoms with Gasteiger partial charge in [-0.1, -0.05) is 11.6 Å². The van der Waals surface area contributed by atoms with Gasteiger partial charge in [0.2, 0.25) is 0 Å². The van der Waals surface area contributed by atoms with Gasteiger partial charge in [-0.3, -0.25) is 4.90 Å². The molecule has 1 aliphatic rings. The van der Waals surface area contributed by atoms with Crippen LogP contribution in [0.3, 0.4) is 0 Å². The Morgan fingerprint density at radius 2 is 2.00 bits per heavy atom. The molecule has 0 saturated carbocycles. The zero-order chi connectivity index (χ0) is 13.7. The van der Waals surface area contributed by atoms with Gasteiger partial charge in [0.15, 0.2) is 0 Å². The summed E-state index contributed by atoms with van der Waals surface area (Å²) in [5.74, 6) is 0.751. The summed E-state index contributed by atoms with van der Waals surface area (Å²) in [4.78, 5) is 2.25. The number of β-amino-alcohol motifs (C(OH)–C–C–N with tert-alkyl or cyclic N) is 1. The molecule has 21 heavy (non-hydrogen) atoms. The molecule has 0 radical (unpaired) electrons. The Balaban J connectivity index is 0.00000200. The first-order valence-electron chi connectivity index (χ1n) is 6.65. The molecule has 1 fully saturated rings. The molecule has 1 aromatic carbocycles. The number of hydrogen-bond acceptors (Lipinski definition) is 4. The van der Waals surface area contributed by atoms with E-state index < -0.39 is 6.10 Å². The van der Waals surface area contributed by atoms with Gasteiger partial charge in [-0.15, -0.1) is 24.8 Å². The van der Waals surface area contributed by atoms with Crippen LogP contribution in [0.2, 0.25) is 5.02 Å². The second-order valence-corrected chi connectivity index (χ2v) is 5.33. The highest BCUT2D eigenvalue weighted by Crippen LogP contribution is 2.21. The van der Waals surface area contributed by atoms with E-state index >= 15 is 0 Å². The first-order chi connectivity index (χ1) is 9.15. The summed E-state index contributed by atoms with van der Waals surface area (Å²) < 4.78 is 5.59. The molecular weight excluding hydrogens is 335 g/mol. The predicted octanol–water partition coefficient (Wildman–Crippen LogP) is 2.14. The minimum absolute atomic E-state index is 0. The average molecular weight is 358 g/mol. The Morgan fingerprint density at radius 3 is 2.62 bits per heavy atom. The van der Waals surface area contributed by atoms with Crippen molar-refractivity contribution in [3.8, 4) is 5.75 Å². The number of piperazine rings is 1. The van der Waals surface area contributed by atoms with Crippen LogP contribution >= 0.6 is 36.4 Å². The van der Waals surface area contributed by atoms with Crippen LogP contribution < -0.4 is 10.1 Å². The molecule has 2 N–H and O–H groups in total. The molecule has 0 amide bonds. The van der Waals surface area contributed by atoms with Crippen molar-refractivity contribution in [1.82, 2.24) is 10.2 Å². The highest BCUT2D eigenvalue weighted by atomic mass is 35.5. The van der Waals surface area contributed by atoms with Crippen LogP contribution in [0.4, 0.5) is 0 Å². The molecule has 0 aliphatic carbocycles. The van der Waals surface area contributed by atoms with E-state index in [9.17, 15) is 5.11 Å². The molecular formula is C14H23Cl3N2O2. The van der Waals surface area contributed by atoms with Crippen LogP contribution in [0.5, 0.6) is 5.75 Å². The van der Waals surface area contributed by atoms with Gasteiger partial charge in [-0.05, 0) is 30.7 Å². The third kappa shape index (κ3) is 7.04. The Labute approximate surface area is 143 Å². The summed E-state index contributed by atoms with van der Waals surface area (Å²) in [6, 6.07) is 5.53. The van der Waals surface area contributed by atoms with Crippen molar-refractivity contribution in [2.45, 2.75) is 13.0 Å². The van der Waals surface area contributed by atoms with Crippen LogP contribution in [0.15, 0.2) is 18.2 Å². The number of rotatable bonds is 5. The van der Waals surface area contributed by atoms with Crippen molar-refractivity contribution < 1.29 is 9.84 Å². The molecule has 0 spiro atoms. The number of benzene rings is 1. The van der Waals surface area contributed by atoms with E-state index in [-0.39, 0.29) is 24.8 Å². The third-order valence-electron chi connectivity index (χ3n) is 3.25. The summed E-state index contributed by atoms with van der Waals surface area (Å²) in [6.45, 7) is 6.85. The van der Waals surface area contributed by atoms with E-state index in [0.717, 1.165) is 42.5 Å². The van der Waals surface area contributed by atoms with E-state index in [1.165, 1.54) is 0 Å². The van der Waals surface area contributed by atoms with Crippen molar-refractivity contribution in [3.05, 3.63) is 28.8 Å². The number of hydrogen-bond donors (Lipinski definition) is 2. The van der Waals surface area contributed by atoms with Gasteiger partial charge < -0.3 is 15.2 Å². The normalized spacial score (nSPS) is 16.5. The van der Waals surface area contributed by atoms with Crippen LogP contribution in [-0.2, 0) is 0 Å². The highest BCUT2D eigenvalue weighted by Gasteiger charge is 2.14. The maximum Gasteiger partial charge on any atom is 0.119 e. The van der Waals surface area contributed by atoms with E-state index in [4.69, 9.17) is 16.3 Å². The number of halogens is 3. The number of ether oxygens (including phenoxy) is 1. The zero-order valence-corrected chi connectivity index (χ0v) is 14.4. The molecule has 122 valence electrons. The second-order valence-electron chi connectivity index (χ2n) is 4.93. The first kappa shape index (κ1) is 20.8. The lowest BCUT2D eigenvalue weighted by atomic mass is 10.2. The largest absolute Gasteiger partial charge is 0.491 e. The standard InChI is InChI=1S/C14H21ClN2O2.2ClH/c1-11-8-13(2-3-14(11)15)19-10-12(18)9-17-6-4-16-5-7-17;;/h2-3,8,12,16,18H,4-7,9-10H2,1H3;2*1H. The van der Waals surface area contributed by atoms with Crippen molar-refractivity contribution in [3.63, 3.8) is 0 Å². The van der Waals surface area contributed by atoms with Crippen LogP contribution in [0, 0.1) is 6.92 Å². The van der Waals surface area contributed by atoms with Gasteiger partial charge in [0.1, 0.15) is 18.5 Å². The maximum absolute atomic E-state index is 9.97.